The van der Waals surface area contributed by atoms with Crippen LogP contribution in [0.15, 0.2) is 47.5 Å². The van der Waals surface area contributed by atoms with Gasteiger partial charge in [0.25, 0.3) is 0 Å². The highest BCUT2D eigenvalue weighted by Gasteiger charge is 2.14. The average molecular weight is 385 g/mol. The van der Waals surface area contributed by atoms with Gasteiger partial charge in [-0.2, -0.15) is 0 Å². The van der Waals surface area contributed by atoms with E-state index in [4.69, 9.17) is 14.5 Å². The van der Waals surface area contributed by atoms with E-state index in [0.29, 0.717) is 19.2 Å². The van der Waals surface area contributed by atoms with Gasteiger partial charge in [0.15, 0.2) is 5.13 Å². The van der Waals surface area contributed by atoms with Gasteiger partial charge in [0.1, 0.15) is 11.5 Å². The third kappa shape index (κ3) is 4.49. The number of ether oxygens (including phenoxy) is 2. The predicted octanol–water partition coefficient (Wildman–Crippen LogP) is 4.63. The molecule has 1 N–H and O–H groups in total. The average Bonchev–Trinajstić information content (AvgIpc) is 3.11. The summed E-state index contributed by atoms with van der Waals surface area (Å²) in [5.74, 6) is 2.42. The number of aliphatic imine (C=N–C) groups is 1. The molecule has 0 radical (unpaired) electrons. The third-order valence-electron chi connectivity index (χ3n) is 3.90. The lowest BCUT2D eigenvalue weighted by Crippen LogP contribution is -2.32. The molecule has 0 amide bonds. The zero-order valence-electron chi connectivity index (χ0n) is 16.0. The molecule has 2 aromatic carbocycles. The number of nitrogens with zero attached hydrogens (tertiary/aromatic N) is 3. The second-order valence-corrected chi connectivity index (χ2v) is 6.76. The van der Waals surface area contributed by atoms with Crippen LogP contribution in [0.5, 0.6) is 11.5 Å². The molecule has 0 unspecified atom stereocenters. The number of hydrogen-bond donors (Lipinski definition) is 1. The second kappa shape index (κ2) is 8.73. The molecule has 0 aliphatic rings. The molecular formula is C20H24N4O2S. The van der Waals surface area contributed by atoms with E-state index in [0.717, 1.165) is 32.5 Å². The molecule has 0 saturated carbocycles. The van der Waals surface area contributed by atoms with Gasteiger partial charge in [-0.3, -0.25) is 9.89 Å². The van der Waals surface area contributed by atoms with Crippen molar-refractivity contribution < 1.29 is 9.47 Å². The molecule has 1 heterocycles. The number of fused-ring (bicyclic) bond motifs is 1. The van der Waals surface area contributed by atoms with Crippen LogP contribution in [0, 0.1) is 0 Å². The molecule has 27 heavy (non-hydrogen) atoms. The minimum atomic E-state index is 0.649. The number of anilines is 2. The summed E-state index contributed by atoms with van der Waals surface area (Å²) >= 11 is 1.60. The molecule has 1 aromatic heterocycles. The van der Waals surface area contributed by atoms with E-state index >= 15 is 0 Å². The van der Waals surface area contributed by atoms with Gasteiger partial charge in [-0.05, 0) is 56.3 Å². The molecule has 7 heteroatoms. The number of hydrogen-bond acceptors (Lipinski definition) is 5. The summed E-state index contributed by atoms with van der Waals surface area (Å²) in [7, 11) is 3.71. The fourth-order valence-electron chi connectivity index (χ4n) is 2.60. The van der Waals surface area contributed by atoms with Crippen molar-refractivity contribution in [2.45, 2.75) is 13.8 Å². The van der Waals surface area contributed by atoms with Gasteiger partial charge in [-0.1, -0.05) is 11.3 Å². The van der Waals surface area contributed by atoms with Crippen molar-refractivity contribution in [3.8, 4) is 11.5 Å². The molecule has 0 aliphatic heterocycles. The van der Waals surface area contributed by atoms with Crippen LogP contribution in [-0.4, -0.2) is 38.3 Å². The van der Waals surface area contributed by atoms with Gasteiger partial charge >= 0.3 is 0 Å². The summed E-state index contributed by atoms with van der Waals surface area (Å²) in [4.78, 5) is 11.0. The zero-order valence-corrected chi connectivity index (χ0v) is 16.8. The Balaban J connectivity index is 1.77. The number of aromatic nitrogens is 1. The van der Waals surface area contributed by atoms with Crippen LogP contribution in [-0.2, 0) is 0 Å². The van der Waals surface area contributed by atoms with E-state index in [2.05, 4.69) is 10.3 Å². The summed E-state index contributed by atoms with van der Waals surface area (Å²) in [6, 6.07) is 13.8. The maximum Gasteiger partial charge on any atom is 0.204 e. The summed E-state index contributed by atoms with van der Waals surface area (Å²) < 4.78 is 12.1. The van der Waals surface area contributed by atoms with Crippen LogP contribution < -0.4 is 19.7 Å². The summed E-state index contributed by atoms with van der Waals surface area (Å²) in [6.07, 6.45) is 0. The molecule has 0 aliphatic carbocycles. The molecular weight excluding hydrogens is 360 g/mol. The van der Waals surface area contributed by atoms with E-state index in [1.165, 1.54) is 0 Å². The Bertz CT molecular complexity index is 921. The minimum Gasteiger partial charge on any atom is -0.494 e. The van der Waals surface area contributed by atoms with Gasteiger partial charge in [-0.15, -0.1) is 0 Å². The fourth-order valence-corrected chi connectivity index (χ4v) is 3.56. The van der Waals surface area contributed by atoms with E-state index in [1.54, 1.807) is 18.4 Å². The molecule has 142 valence electrons. The van der Waals surface area contributed by atoms with E-state index in [-0.39, 0.29) is 0 Å². The molecule has 3 aromatic rings. The van der Waals surface area contributed by atoms with Crippen LogP contribution in [0.4, 0.5) is 10.8 Å². The number of thiazole rings is 1. The summed E-state index contributed by atoms with van der Waals surface area (Å²) in [5, 5.41) is 4.19. The molecule has 0 fully saturated rings. The summed E-state index contributed by atoms with van der Waals surface area (Å²) in [5.41, 5.74) is 1.88. The number of rotatable bonds is 6. The first-order valence-electron chi connectivity index (χ1n) is 8.88. The van der Waals surface area contributed by atoms with Crippen LogP contribution >= 0.6 is 11.3 Å². The minimum absolute atomic E-state index is 0.649. The lowest BCUT2D eigenvalue weighted by atomic mass is 10.3. The highest BCUT2D eigenvalue weighted by atomic mass is 32.1. The van der Waals surface area contributed by atoms with Crippen molar-refractivity contribution in [3.63, 3.8) is 0 Å². The Morgan fingerprint density at radius 1 is 1.07 bits per heavy atom. The Morgan fingerprint density at radius 3 is 2.41 bits per heavy atom. The van der Waals surface area contributed by atoms with Crippen molar-refractivity contribution in [1.29, 1.82) is 0 Å². The van der Waals surface area contributed by atoms with Gasteiger partial charge in [-0.25, -0.2) is 4.98 Å². The smallest absolute Gasteiger partial charge is 0.204 e. The Kier molecular flexibility index (Phi) is 6.13. The SMILES string of the molecule is CCOc1ccc(NC(=NC)N(C)c2nc3ccc(OCC)cc3s2)cc1. The van der Waals surface area contributed by atoms with Crippen molar-refractivity contribution in [2.24, 2.45) is 4.99 Å². The van der Waals surface area contributed by atoms with Crippen LogP contribution in [0.25, 0.3) is 10.2 Å². The maximum absolute atomic E-state index is 5.58. The highest BCUT2D eigenvalue weighted by Crippen LogP contribution is 2.31. The maximum atomic E-state index is 5.58. The molecule has 3 rings (SSSR count). The normalized spacial score (nSPS) is 11.5. The second-order valence-electron chi connectivity index (χ2n) is 5.75. The molecule has 0 atom stereocenters. The van der Waals surface area contributed by atoms with E-state index in [1.807, 2.05) is 68.3 Å². The molecule has 0 spiro atoms. The highest BCUT2D eigenvalue weighted by molar-refractivity contribution is 7.22. The number of benzene rings is 2. The lowest BCUT2D eigenvalue weighted by molar-refractivity contribution is 0.340. The third-order valence-corrected chi connectivity index (χ3v) is 4.99. The number of nitrogens with one attached hydrogen (secondary N) is 1. The Morgan fingerprint density at radius 2 is 1.74 bits per heavy atom. The first-order chi connectivity index (χ1) is 13.1. The van der Waals surface area contributed by atoms with Gasteiger partial charge in [0.05, 0.1) is 23.4 Å². The molecule has 0 bridgehead atoms. The van der Waals surface area contributed by atoms with Crippen LogP contribution in [0.2, 0.25) is 0 Å². The van der Waals surface area contributed by atoms with E-state index < -0.39 is 0 Å². The monoisotopic (exact) mass is 384 g/mol. The van der Waals surface area contributed by atoms with Crippen LogP contribution in [0.1, 0.15) is 13.8 Å². The zero-order chi connectivity index (χ0) is 19.2. The van der Waals surface area contributed by atoms with Crippen molar-refractivity contribution in [3.05, 3.63) is 42.5 Å². The Hall–Kier alpha value is -2.80. The first kappa shape index (κ1) is 19.0. The van der Waals surface area contributed by atoms with Crippen molar-refractivity contribution >= 4 is 38.3 Å². The Labute approximate surface area is 163 Å². The topological polar surface area (TPSA) is 59.0 Å². The molecule has 6 nitrogen and oxygen atoms in total. The number of guanidine groups is 1. The standard InChI is InChI=1S/C20H24N4O2S/c1-5-25-15-9-7-14(8-10-15)22-19(21-3)24(4)20-23-17-12-11-16(26-6-2)13-18(17)27-20/h7-13H,5-6H2,1-4H3,(H,21,22). The fraction of sp³-hybridized carbons (Fsp3) is 0.300. The largest absolute Gasteiger partial charge is 0.494 e. The molecule has 0 saturated heterocycles. The van der Waals surface area contributed by atoms with Gasteiger partial charge in [0, 0.05) is 19.8 Å². The van der Waals surface area contributed by atoms with Crippen LogP contribution in [0.3, 0.4) is 0 Å². The predicted molar refractivity (Wildman–Crippen MR) is 114 cm³/mol. The van der Waals surface area contributed by atoms with E-state index in [9.17, 15) is 0 Å². The van der Waals surface area contributed by atoms with Crippen molar-refractivity contribution in [2.75, 3.05) is 37.5 Å². The van der Waals surface area contributed by atoms with Gasteiger partial charge < -0.3 is 14.8 Å². The quantitative estimate of drug-likeness (QED) is 0.496. The summed E-state index contributed by atoms with van der Waals surface area (Å²) in [6.45, 7) is 5.25. The lowest BCUT2D eigenvalue weighted by Gasteiger charge is -2.19. The van der Waals surface area contributed by atoms with Crippen molar-refractivity contribution in [1.82, 2.24) is 4.98 Å². The first-order valence-corrected chi connectivity index (χ1v) is 9.70. The van der Waals surface area contributed by atoms with Gasteiger partial charge in [0.2, 0.25) is 5.96 Å².